The molecule has 5 rings (SSSR count). The van der Waals surface area contributed by atoms with Gasteiger partial charge in [-0.15, -0.1) is 0 Å². The normalized spacial score (nSPS) is 24.0. The highest BCUT2D eigenvalue weighted by atomic mass is 16.4. The van der Waals surface area contributed by atoms with Crippen molar-refractivity contribution in [3.05, 3.63) is 52.8 Å². The van der Waals surface area contributed by atoms with Gasteiger partial charge in [-0.05, 0) is 63.5 Å². The van der Waals surface area contributed by atoms with Crippen LogP contribution in [0.5, 0.6) is 0 Å². The number of carboxylic acid groups (broad SMARTS) is 1. The molecule has 2 unspecified atom stereocenters. The largest absolute Gasteiger partial charge is 0.481 e. The smallest absolute Gasteiger partial charge is 0.306 e. The zero-order valence-electron chi connectivity index (χ0n) is 20.4. The van der Waals surface area contributed by atoms with Gasteiger partial charge in [-0.1, -0.05) is 29.8 Å². The van der Waals surface area contributed by atoms with E-state index >= 15 is 0 Å². The molecule has 2 amide bonds. The number of carbonyl (C=O) groups excluding carboxylic acids is 2. The van der Waals surface area contributed by atoms with Crippen LogP contribution in [0.15, 0.2) is 30.3 Å². The van der Waals surface area contributed by atoms with Gasteiger partial charge in [0, 0.05) is 31.6 Å². The number of aromatic nitrogens is 2. The van der Waals surface area contributed by atoms with Crippen molar-refractivity contribution < 1.29 is 19.5 Å². The van der Waals surface area contributed by atoms with Crippen LogP contribution in [0.1, 0.15) is 72.3 Å². The lowest BCUT2D eigenvalue weighted by atomic mass is 9.78. The van der Waals surface area contributed by atoms with Crippen molar-refractivity contribution in [3.8, 4) is 0 Å². The lowest BCUT2D eigenvalue weighted by Gasteiger charge is -2.47. The third-order valence-electron chi connectivity index (χ3n) is 7.89. The number of rotatable bonds is 5. The summed E-state index contributed by atoms with van der Waals surface area (Å²) in [4.78, 5) is 41.9. The van der Waals surface area contributed by atoms with Crippen LogP contribution in [0, 0.1) is 12.8 Å². The maximum Gasteiger partial charge on any atom is 0.306 e. The fraction of sp³-hybridized carbons (Fsp3) is 0.556. The van der Waals surface area contributed by atoms with Gasteiger partial charge in [0.2, 0.25) is 5.91 Å². The Hall–Kier alpha value is -3.16. The minimum absolute atomic E-state index is 0.0301. The molecule has 35 heavy (non-hydrogen) atoms. The molecule has 4 heterocycles. The molecule has 1 N–H and O–H groups in total. The Morgan fingerprint density at radius 3 is 2.43 bits per heavy atom. The standard InChI is InChI=1S/C27H34N4O4/c1-18-6-8-19(9-7-18)10-11-25(32)29-12-3-13-30-23(17-29)16-24(28-30)26(33)31-21-4-2-5-22(31)15-20(14-21)27(34)35/h6-9,16,20-22H,2-5,10-15,17H2,1H3,(H,34,35). The minimum Gasteiger partial charge on any atom is -0.481 e. The lowest BCUT2D eigenvalue weighted by Crippen LogP contribution is -2.55. The number of amides is 2. The maximum atomic E-state index is 13.5. The first-order chi connectivity index (χ1) is 16.9. The summed E-state index contributed by atoms with van der Waals surface area (Å²) >= 11 is 0. The number of nitrogens with zero attached hydrogens (tertiary/aromatic N) is 4. The molecule has 2 fully saturated rings. The Labute approximate surface area is 205 Å². The second-order valence-corrected chi connectivity index (χ2v) is 10.4. The van der Waals surface area contributed by atoms with Crippen molar-refractivity contribution in [2.45, 2.75) is 83.5 Å². The van der Waals surface area contributed by atoms with Gasteiger partial charge in [0.15, 0.2) is 5.69 Å². The van der Waals surface area contributed by atoms with Crippen molar-refractivity contribution in [3.63, 3.8) is 0 Å². The van der Waals surface area contributed by atoms with E-state index in [4.69, 9.17) is 0 Å². The van der Waals surface area contributed by atoms with Crippen LogP contribution in [-0.2, 0) is 29.1 Å². The topological polar surface area (TPSA) is 95.7 Å². The van der Waals surface area contributed by atoms with Crippen LogP contribution < -0.4 is 0 Å². The number of piperidine rings is 2. The van der Waals surface area contributed by atoms with Crippen molar-refractivity contribution in [2.75, 3.05) is 6.54 Å². The summed E-state index contributed by atoms with van der Waals surface area (Å²) in [5.74, 6) is -1.10. The quantitative estimate of drug-likeness (QED) is 0.711. The molecule has 0 radical (unpaired) electrons. The summed E-state index contributed by atoms with van der Waals surface area (Å²) in [7, 11) is 0. The van der Waals surface area contributed by atoms with E-state index in [1.54, 1.807) is 0 Å². The molecule has 1 aromatic carbocycles. The van der Waals surface area contributed by atoms with Crippen LogP contribution >= 0.6 is 0 Å². The molecule has 3 aliphatic heterocycles. The number of hydrogen-bond acceptors (Lipinski definition) is 4. The predicted octanol–water partition coefficient (Wildman–Crippen LogP) is 3.41. The Balaban J connectivity index is 1.26. The molecule has 2 saturated heterocycles. The van der Waals surface area contributed by atoms with E-state index < -0.39 is 5.97 Å². The fourth-order valence-corrected chi connectivity index (χ4v) is 5.99. The highest BCUT2D eigenvalue weighted by Crippen LogP contribution is 2.38. The van der Waals surface area contributed by atoms with Crippen molar-refractivity contribution >= 4 is 17.8 Å². The highest BCUT2D eigenvalue weighted by molar-refractivity contribution is 5.93. The van der Waals surface area contributed by atoms with Crippen LogP contribution in [0.4, 0.5) is 0 Å². The fourth-order valence-electron chi connectivity index (χ4n) is 5.99. The highest BCUT2D eigenvalue weighted by Gasteiger charge is 2.43. The molecular weight excluding hydrogens is 444 g/mol. The molecule has 2 bridgehead atoms. The van der Waals surface area contributed by atoms with Gasteiger partial charge >= 0.3 is 5.97 Å². The maximum absolute atomic E-state index is 13.5. The van der Waals surface area contributed by atoms with Gasteiger partial charge in [0.25, 0.3) is 5.91 Å². The summed E-state index contributed by atoms with van der Waals surface area (Å²) in [6.07, 6.45) is 5.76. The van der Waals surface area contributed by atoms with E-state index in [0.29, 0.717) is 51.0 Å². The Morgan fingerprint density at radius 1 is 1.03 bits per heavy atom. The van der Waals surface area contributed by atoms with Gasteiger partial charge in [0.1, 0.15) is 0 Å². The van der Waals surface area contributed by atoms with Gasteiger partial charge in [-0.2, -0.15) is 5.10 Å². The summed E-state index contributed by atoms with van der Waals surface area (Å²) in [5.41, 5.74) is 3.68. The third kappa shape index (κ3) is 4.97. The zero-order chi connectivity index (χ0) is 24.5. The lowest BCUT2D eigenvalue weighted by molar-refractivity contribution is -0.145. The number of fused-ring (bicyclic) bond motifs is 3. The van der Waals surface area contributed by atoms with E-state index in [1.165, 1.54) is 5.56 Å². The summed E-state index contributed by atoms with van der Waals surface area (Å²) in [6, 6.07) is 10.1. The van der Waals surface area contributed by atoms with E-state index in [2.05, 4.69) is 36.3 Å². The number of benzene rings is 1. The average Bonchev–Trinajstić information content (AvgIpc) is 3.13. The Morgan fingerprint density at radius 2 is 1.74 bits per heavy atom. The van der Waals surface area contributed by atoms with Gasteiger partial charge in [-0.25, -0.2) is 0 Å². The van der Waals surface area contributed by atoms with E-state index in [0.717, 1.165) is 36.9 Å². The molecule has 2 atom stereocenters. The van der Waals surface area contributed by atoms with Crippen LogP contribution in [-0.4, -0.2) is 61.1 Å². The van der Waals surface area contributed by atoms with Crippen LogP contribution in [0.3, 0.4) is 0 Å². The van der Waals surface area contributed by atoms with Gasteiger partial charge < -0.3 is 14.9 Å². The monoisotopic (exact) mass is 478 g/mol. The second kappa shape index (κ2) is 9.84. The SMILES string of the molecule is Cc1ccc(CCC(=O)N2CCCn3nc(C(=O)N4C5CCCC4CC(C(=O)O)C5)cc3C2)cc1. The molecule has 3 aliphatic rings. The first-order valence-corrected chi connectivity index (χ1v) is 12.8. The molecule has 2 aromatic rings. The number of hydrogen-bond donors (Lipinski definition) is 1. The first-order valence-electron chi connectivity index (χ1n) is 12.8. The van der Waals surface area contributed by atoms with Crippen molar-refractivity contribution in [2.24, 2.45) is 5.92 Å². The van der Waals surface area contributed by atoms with E-state index in [9.17, 15) is 19.5 Å². The molecule has 0 aliphatic carbocycles. The van der Waals surface area contributed by atoms with Gasteiger partial charge in [-0.3, -0.25) is 19.1 Å². The molecule has 8 nitrogen and oxygen atoms in total. The molecule has 1 aromatic heterocycles. The predicted molar refractivity (Wildman–Crippen MR) is 130 cm³/mol. The zero-order valence-corrected chi connectivity index (χ0v) is 20.4. The summed E-state index contributed by atoms with van der Waals surface area (Å²) in [6.45, 7) is 3.88. The number of aryl methyl sites for hydroxylation is 3. The number of carboxylic acids is 1. The molecule has 186 valence electrons. The number of aliphatic carboxylic acids is 1. The van der Waals surface area contributed by atoms with Crippen molar-refractivity contribution in [1.29, 1.82) is 0 Å². The Kier molecular flexibility index (Phi) is 6.62. The molecule has 8 heteroatoms. The third-order valence-corrected chi connectivity index (χ3v) is 7.89. The van der Waals surface area contributed by atoms with E-state index in [-0.39, 0.29) is 29.8 Å². The van der Waals surface area contributed by atoms with Crippen LogP contribution in [0.2, 0.25) is 0 Å². The molecule has 0 spiro atoms. The van der Waals surface area contributed by atoms with Gasteiger partial charge in [0.05, 0.1) is 18.2 Å². The van der Waals surface area contributed by atoms with Crippen LogP contribution in [0.25, 0.3) is 0 Å². The molecular formula is C27H34N4O4. The Bertz CT molecular complexity index is 1090. The molecule has 0 saturated carbocycles. The summed E-state index contributed by atoms with van der Waals surface area (Å²) < 4.78 is 1.88. The van der Waals surface area contributed by atoms with Crippen molar-refractivity contribution in [1.82, 2.24) is 19.6 Å². The average molecular weight is 479 g/mol. The van der Waals surface area contributed by atoms with E-state index in [1.807, 2.05) is 20.5 Å². The summed E-state index contributed by atoms with van der Waals surface area (Å²) in [5, 5.41) is 14.1. The minimum atomic E-state index is -0.755. The first kappa shape index (κ1) is 23.6. The number of carbonyl (C=O) groups is 3. The second-order valence-electron chi connectivity index (χ2n) is 10.4.